The molecule has 0 unspecified atom stereocenters. The van der Waals surface area contributed by atoms with Crippen molar-refractivity contribution in [3.63, 3.8) is 0 Å². The SMILES string of the molecule is CCC(=O)N1CCC(C(=O)NCc2cccc(C)c2)CC1. The highest BCUT2D eigenvalue weighted by atomic mass is 16.2. The van der Waals surface area contributed by atoms with Gasteiger partial charge in [0.05, 0.1) is 0 Å². The summed E-state index contributed by atoms with van der Waals surface area (Å²) >= 11 is 0. The van der Waals surface area contributed by atoms with Crippen molar-refractivity contribution < 1.29 is 9.59 Å². The molecular weight excluding hydrogens is 264 g/mol. The summed E-state index contributed by atoms with van der Waals surface area (Å²) in [5.74, 6) is 0.337. The van der Waals surface area contributed by atoms with Crippen molar-refractivity contribution in [1.29, 1.82) is 0 Å². The van der Waals surface area contributed by atoms with Gasteiger partial charge in [-0.15, -0.1) is 0 Å². The van der Waals surface area contributed by atoms with Crippen LogP contribution in [0.15, 0.2) is 24.3 Å². The first-order chi connectivity index (χ1) is 10.1. The van der Waals surface area contributed by atoms with Crippen LogP contribution >= 0.6 is 0 Å². The first-order valence-corrected chi connectivity index (χ1v) is 7.71. The Morgan fingerprint density at radius 1 is 1.29 bits per heavy atom. The molecule has 2 amide bonds. The van der Waals surface area contributed by atoms with E-state index in [0.717, 1.165) is 18.4 Å². The van der Waals surface area contributed by atoms with Crippen LogP contribution in [-0.4, -0.2) is 29.8 Å². The van der Waals surface area contributed by atoms with Crippen molar-refractivity contribution in [2.45, 2.75) is 39.7 Å². The highest BCUT2D eigenvalue weighted by Gasteiger charge is 2.26. The molecule has 0 radical (unpaired) electrons. The molecule has 0 aromatic heterocycles. The average molecular weight is 288 g/mol. The fraction of sp³-hybridized carbons (Fsp3) is 0.529. The molecule has 1 saturated heterocycles. The molecular formula is C17H24N2O2. The molecule has 1 fully saturated rings. The van der Waals surface area contributed by atoms with Gasteiger partial charge in [-0.25, -0.2) is 0 Å². The Kier molecular flexibility index (Phi) is 5.37. The summed E-state index contributed by atoms with van der Waals surface area (Å²) in [4.78, 5) is 25.7. The maximum absolute atomic E-state index is 12.2. The highest BCUT2D eigenvalue weighted by Crippen LogP contribution is 2.18. The standard InChI is InChI=1S/C17H24N2O2/c1-3-16(20)19-9-7-15(8-10-19)17(21)18-12-14-6-4-5-13(2)11-14/h4-6,11,15H,3,7-10,12H2,1-2H3,(H,18,21). The highest BCUT2D eigenvalue weighted by molar-refractivity contribution is 5.80. The number of likely N-dealkylation sites (tertiary alicyclic amines) is 1. The lowest BCUT2D eigenvalue weighted by Gasteiger charge is -2.31. The molecule has 1 aromatic carbocycles. The number of piperidine rings is 1. The molecule has 1 aliphatic heterocycles. The zero-order chi connectivity index (χ0) is 15.2. The van der Waals surface area contributed by atoms with Crippen LogP contribution in [0, 0.1) is 12.8 Å². The van der Waals surface area contributed by atoms with Gasteiger partial charge in [-0.1, -0.05) is 36.8 Å². The number of amides is 2. The second kappa shape index (κ2) is 7.25. The Labute approximate surface area is 126 Å². The minimum absolute atomic E-state index is 0.0377. The van der Waals surface area contributed by atoms with Crippen LogP contribution in [0.2, 0.25) is 0 Å². The van der Waals surface area contributed by atoms with Gasteiger partial charge >= 0.3 is 0 Å². The maximum atomic E-state index is 12.2. The van der Waals surface area contributed by atoms with Crippen molar-refractivity contribution in [1.82, 2.24) is 10.2 Å². The van der Waals surface area contributed by atoms with E-state index in [-0.39, 0.29) is 17.7 Å². The summed E-state index contributed by atoms with van der Waals surface area (Å²) in [6.07, 6.45) is 2.08. The Bertz CT molecular complexity index is 505. The van der Waals surface area contributed by atoms with Crippen molar-refractivity contribution in [2.24, 2.45) is 5.92 Å². The van der Waals surface area contributed by atoms with Gasteiger partial charge in [0, 0.05) is 32.0 Å². The fourth-order valence-electron chi connectivity index (χ4n) is 2.77. The molecule has 2 rings (SSSR count). The van der Waals surface area contributed by atoms with Crippen LogP contribution in [0.5, 0.6) is 0 Å². The quantitative estimate of drug-likeness (QED) is 0.924. The van der Waals surface area contributed by atoms with Crippen LogP contribution in [0.4, 0.5) is 0 Å². The zero-order valence-corrected chi connectivity index (χ0v) is 12.9. The Hall–Kier alpha value is -1.84. The van der Waals surface area contributed by atoms with Gasteiger partial charge in [0.1, 0.15) is 0 Å². The molecule has 114 valence electrons. The summed E-state index contributed by atoms with van der Waals surface area (Å²) in [6.45, 7) is 5.91. The van der Waals surface area contributed by atoms with E-state index in [0.29, 0.717) is 26.1 Å². The Balaban J connectivity index is 1.78. The normalized spacial score (nSPS) is 15.8. The van der Waals surface area contributed by atoms with Crippen molar-refractivity contribution in [2.75, 3.05) is 13.1 Å². The third-order valence-corrected chi connectivity index (χ3v) is 4.07. The topological polar surface area (TPSA) is 49.4 Å². The van der Waals surface area contributed by atoms with E-state index in [1.54, 1.807) is 0 Å². The lowest BCUT2D eigenvalue weighted by atomic mass is 9.95. The monoisotopic (exact) mass is 288 g/mol. The van der Waals surface area contributed by atoms with Gasteiger partial charge in [-0.2, -0.15) is 0 Å². The average Bonchev–Trinajstić information content (AvgIpc) is 2.52. The van der Waals surface area contributed by atoms with Gasteiger partial charge in [0.25, 0.3) is 0 Å². The molecule has 0 bridgehead atoms. The summed E-state index contributed by atoms with van der Waals surface area (Å²) in [7, 11) is 0. The number of benzene rings is 1. The summed E-state index contributed by atoms with van der Waals surface area (Å²) in [5, 5.41) is 3.01. The molecule has 1 heterocycles. The van der Waals surface area contributed by atoms with E-state index in [1.807, 2.05) is 36.9 Å². The number of hydrogen-bond donors (Lipinski definition) is 1. The number of hydrogen-bond acceptors (Lipinski definition) is 2. The number of carbonyl (C=O) groups excluding carboxylic acids is 2. The zero-order valence-electron chi connectivity index (χ0n) is 12.9. The summed E-state index contributed by atoms with van der Waals surface area (Å²) < 4.78 is 0. The smallest absolute Gasteiger partial charge is 0.223 e. The van der Waals surface area contributed by atoms with E-state index in [4.69, 9.17) is 0 Å². The predicted octanol–water partition coefficient (Wildman–Crippen LogP) is 2.26. The molecule has 0 atom stereocenters. The molecule has 1 aliphatic rings. The molecule has 4 heteroatoms. The Morgan fingerprint density at radius 3 is 2.62 bits per heavy atom. The number of nitrogens with zero attached hydrogens (tertiary/aromatic N) is 1. The second-order valence-corrected chi connectivity index (χ2v) is 5.72. The lowest BCUT2D eigenvalue weighted by Crippen LogP contribution is -2.42. The summed E-state index contributed by atoms with van der Waals surface area (Å²) in [6, 6.07) is 8.16. The third kappa shape index (κ3) is 4.31. The van der Waals surface area contributed by atoms with Crippen molar-refractivity contribution >= 4 is 11.8 Å². The predicted molar refractivity (Wildman–Crippen MR) is 82.6 cm³/mol. The lowest BCUT2D eigenvalue weighted by molar-refractivity contribution is -0.135. The van der Waals surface area contributed by atoms with E-state index >= 15 is 0 Å². The van der Waals surface area contributed by atoms with Crippen molar-refractivity contribution in [3.05, 3.63) is 35.4 Å². The molecule has 1 aromatic rings. The van der Waals surface area contributed by atoms with Gasteiger partial charge in [0.15, 0.2) is 0 Å². The fourth-order valence-corrected chi connectivity index (χ4v) is 2.77. The minimum Gasteiger partial charge on any atom is -0.352 e. The van der Waals surface area contributed by atoms with Gasteiger partial charge < -0.3 is 10.2 Å². The molecule has 0 spiro atoms. The summed E-state index contributed by atoms with van der Waals surface area (Å²) in [5.41, 5.74) is 2.33. The van der Waals surface area contributed by atoms with E-state index < -0.39 is 0 Å². The van der Waals surface area contributed by atoms with Crippen LogP contribution in [0.1, 0.15) is 37.3 Å². The third-order valence-electron chi connectivity index (χ3n) is 4.07. The molecule has 4 nitrogen and oxygen atoms in total. The first kappa shape index (κ1) is 15.5. The van der Waals surface area contributed by atoms with E-state index in [1.165, 1.54) is 5.56 Å². The molecule has 1 N–H and O–H groups in total. The molecule has 0 aliphatic carbocycles. The van der Waals surface area contributed by atoms with Gasteiger partial charge in [-0.3, -0.25) is 9.59 Å². The van der Waals surface area contributed by atoms with Gasteiger partial charge in [-0.05, 0) is 25.3 Å². The van der Waals surface area contributed by atoms with Crippen LogP contribution < -0.4 is 5.32 Å². The van der Waals surface area contributed by atoms with Crippen LogP contribution in [-0.2, 0) is 16.1 Å². The largest absolute Gasteiger partial charge is 0.352 e. The van der Waals surface area contributed by atoms with E-state index in [2.05, 4.69) is 11.4 Å². The Morgan fingerprint density at radius 2 is 2.00 bits per heavy atom. The van der Waals surface area contributed by atoms with Gasteiger partial charge in [0.2, 0.25) is 11.8 Å². The first-order valence-electron chi connectivity index (χ1n) is 7.71. The van der Waals surface area contributed by atoms with Crippen LogP contribution in [0.25, 0.3) is 0 Å². The van der Waals surface area contributed by atoms with Crippen LogP contribution in [0.3, 0.4) is 0 Å². The second-order valence-electron chi connectivity index (χ2n) is 5.72. The van der Waals surface area contributed by atoms with E-state index in [9.17, 15) is 9.59 Å². The van der Waals surface area contributed by atoms with Crippen molar-refractivity contribution in [3.8, 4) is 0 Å². The number of nitrogens with one attached hydrogen (secondary N) is 1. The molecule has 0 saturated carbocycles. The number of aryl methyl sites for hydroxylation is 1. The number of rotatable bonds is 4. The molecule has 21 heavy (non-hydrogen) atoms. The minimum atomic E-state index is 0.0377. The number of carbonyl (C=O) groups is 2. The maximum Gasteiger partial charge on any atom is 0.223 e.